The van der Waals surface area contributed by atoms with Gasteiger partial charge in [0.15, 0.2) is 5.78 Å². The Balaban J connectivity index is 1.27. The monoisotopic (exact) mass is 426 g/mol. The van der Waals surface area contributed by atoms with Crippen LogP contribution in [0.2, 0.25) is 0 Å². The topological polar surface area (TPSA) is 70.1 Å². The Morgan fingerprint density at radius 2 is 1.58 bits per heavy atom. The molecule has 0 unspecified atom stereocenters. The van der Waals surface area contributed by atoms with Crippen LogP contribution in [0.1, 0.15) is 38.5 Å². The van der Waals surface area contributed by atoms with Crippen molar-refractivity contribution in [2.45, 2.75) is 38.5 Å². The number of aliphatic hydroxyl groups is 1. The molecule has 1 fully saturated rings. The van der Waals surface area contributed by atoms with Crippen LogP contribution in [0.3, 0.4) is 0 Å². The van der Waals surface area contributed by atoms with Gasteiger partial charge in [0, 0.05) is 45.6 Å². The fraction of sp³-hybridized carbons (Fsp3) is 0.520. The highest BCUT2D eigenvalue weighted by Crippen LogP contribution is 2.20. The number of rotatable bonds is 12. The molecule has 0 radical (unpaired) electrons. The molecule has 6 nitrogen and oxygen atoms in total. The van der Waals surface area contributed by atoms with Crippen LogP contribution in [0.25, 0.3) is 10.8 Å². The van der Waals surface area contributed by atoms with Gasteiger partial charge in [0.05, 0.1) is 0 Å². The Hall–Kier alpha value is -2.44. The van der Waals surface area contributed by atoms with Crippen molar-refractivity contribution in [3.8, 4) is 5.75 Å². The van der Waals surface area contributed by atoms with Crippen molar-refractivity contribution in [3.05, 3.63) is 42.5 Å². The van der Waals surface area contributed by atoms with E-state index in [2.05, 4.69) is 29.2 Å². The highest BCUT2D eigenvalue weighted by Gasteiger charge is 2.20. The van der Waals surface area contributed by atoms with Crippen molar-refractivity contribution in [2.24, 2.45) is 0 Å². The molecule has 0 saturated carbocycles. The van der Waals surface area contributed by atoms with Gasteiger partial charge >= 0.3 is 0 Å². The number of nitrogens with zero attached hydrogens (tertiary/aromatic N) is 2. The summed E-state index contributed by atoms with van der Waals surface area (Å²) in [6.45, 7) is 4.47. The molecule has 0 bridgehead atoms. The van der Waals surface area contributed by atoms with Crippen LogP contribution < -0.4 is 4.74 Å². The molecule has 3 rings (SSSR count). The molecule has 6 heteroatoms. The highest BCUT2D eigenvalue weighted by atomic mass is 16.5. The number of ether oxygens (including phenoxy) is 1. The minimum atomic E-state index is -0.361. The fourth-order valence-corrected chi connectivity index (χ4v) is 3.96. The summed E-state index contributed by atoms with van der Waals surface area (Å²) in [6.07, 6.45) is 4.58. The second-order valence-electron chi connectivity index (χ2n) is 8.19. The summed E-state index contributed by atoms with van der Waals surface area (Å²) in [4.78, 5) is 27.8. The number of benzene rings is 2. The standard InChI is InChI=1S/C25H34N2O4/c28-20-23(29)9-3-1-2-4-10-25(30)27-15-13-26(14-16-27)17-18-31-24-12-11-21-7-5-6-8-22(21)19-24/h5-8,11-12,19,28H,1-4,9-10,13-18,20H2. The molecule has 168 valence electrons. The average Bonchev–Trinajstić information content (AvgIpc) is 2.81. The Morgan fingerprint density at radius 1 is 0.871 bits per heavy atom. The summed E-state index contributed by atoms with van der Waals surface area (Å²) >= 11 is 0. The van der Waals surface area contributed by atoms with E-state index >= 15 is 0 Å². The Labute approximate surface area is 184 Å². The first kappa shape index (κ1) is 23.2. The molecule has 0 aromatic heterocycles. The molecular weight excluding hydrogens is 392 g/mol. The molecule has 1 aliphatic rings. The van der Waals surface area contributed by atoms with E-state index in [1.165, 1.54) is 10.8 Å². The van der Waals surface area contributed by atoms with E-state index in [9.17, 15) is 9.59 Å². The number of piperazine rings is 1. The van der Waals surface area contributed by atoms with E-state index in [1.807, 2.05) is 23.1 Å². The van der Waals surface area contributed by atoms with E-state index in [0.29, 0.717) is 19.4 Å². The summed E-state index contributed by atoms with van der Waals surface area (Å²) < 4.78 is 5.94. The minimum absolute atomic E-state index is 0.100. The molecule has 1 N–H and O–H groups in total. The Kier molecular flexibility index (Phi) is 9.31. The predicted octanol–water partition coefficient (Wildman–Crippen LogP) is 3.26. The maximum atomic E-state index is 12.4. The molecule has 1 amide bonds. The van der Waals surface area contributed by atoms with E-state index in [4.69, 9.17) is 9.84 Å². The Bertz CT molecular complexity index is 846. The van der Waals surface area contributed by atoms with Gasteiger partial charge in [0.25, 0.3) is 0 Å². The minimum Gasteiger partial charge on any atom is -0.492 e. The normalized spacial score (nSPS) is 14.7. The van der Waals surface area contributed by atoms with Crippen molar-refractivity contribution in [1.29, 1.82) is 0 Å². The number of ketones is 1. The second-order valence-corrected chi connectivity index (χ2v) is 8.19. The van der Waals surface area contributed by atoms with Crippen LogP contribution in [0, 0.1) is 0 Å². The number of carbonyl (C=O) groups is 2. The maximum Gasteiger partial charge on any atom is 0.222 e. The Morgan fingerprint density at radius 3 is 2.32 bits per heavy atom. The summed E-state index contributed by atoms with van der Waals surface area (Å²) in [5.41, 5.74) is 0. The van der Waals surface area contributed by atoms with Crippen LogP contribution in [0.15, 0.2) is 42.5 Å². The van der Waals surface area contributed by atoms with E-state index in [1.54, 1.807) is 0 Å². The third-order valence-electron chi connectivity index (χ3n) is 5.89. The van der Waals surface area contributed by atoms with Gasteiger partial charge in [-0.2, -0.15) is 0 Å². The third-order valence-corrected chi connectivity index (χ3v) is 5.89. The van der Waals surface area contributed by atoms with Gasteiger partial charge in [0.1, 0.15) is 19.0 Å². The molecule has 0 aliphatic carbocycles. The quantitative estimate of drug-likeness (QED) is 0.528. The molecule has 1 heterocycles. The molecule has 1 aliphatic heterocycles. The van der Waals surface area contributed by atoms with Crippen LogP contribution in [-0.4, -0.2) is 72.5 Å². The zero-order valence-corrected chi connectivity index (χ0v) is 18.3. The van der Waals surface area contributed by atoms with Gasteiger partial charge in [-0.15, -0.1) is 0 Å². The number of hydrogen-bond acceptors (Lipinski definition) is 5. The van der Waals surface area contributed by atoms with Crippen LogP contribution in [0.5, 0.6) is 5.75 Å². The fourth-order valence-electron chi connectivity index (χ4n) is 3.96. The lowest BCUT2D eigenvalue weighted by molar-refractivity contribution is -0.133. The number of amides is 1. The van der Waals surface area contributed by atoms with Crippen LogP contribution in [0.4, 0.5) is 0 Å². The number of aliphatic hydroxyl groups excluding tert-OH is 1. The van der Waals surface area contributed by atoms with E-state index < -0.39 is 0 Å². The predicted molar refractivity (Wildman–Crippen MR) is 122 cm³/mol. The van der Waals surface area contributed by atoms with Crippen molar-refractivity contribution >= 4 is 22.5 Å². The maximum absolute atomic E-state index is 12.4. The number of hydrogen-bond donors (Lipinski definition) is 1. The molecule has 0 atom stereocenters. The molecule has 0 spiro atoms. The van der Waals surface area contributed by atoms with Gasteiger partial charge in [-0.1, -0.05) is 43.2 Å². The van der Waals surface area contributed by atoms with E-state index in [-0.39, 0.29) is 18.3 Å². The average molecular weight is 427 g/mol. The number of unbranched alkanes of at least 4 members (excludes halogenated alkanes) is 3. The van der Waals surface area contributed by atoms with Gasteiger partial charge in [0.2, 0.25) is 5.91 Å². The summed E-state index contributed by atoms with van der Waals surface area (Å²) in [5.74, 6) is 1.03. The smallest absolute Gasteiger partial charge is 0.222 e. The number of carbonyl (C=O) groups excluding carboxylic acids is 2. The third kappa shape index (κ3) is 7.64. The van der Waals surface area contributed by atoms with E-state index in [0.717, 1.165) is 64.2 Å². The summed E-state index contributed by atoms with van der Waals surface area (Å²) in [5, 5.41) is 11.1. The second kappa shape index (κ2) is 12.4. The number of fused-ring (bicyclic) bond motifs is 1. The van der Waals surface area contributed by atoms with Gasteiger partial charge in [-0.25, -0.2) is 0 Å². The SMILES string of the molecule is O=C(CO)CCCCCCC(=O)N1CCN(CCOc2ccc3ccccc3c2)CC1. The lowest BCUT2D eigenvalue weighted by atomic mass is 10.1. The first-order valence-electron chi connectivity index (χ1n) is 11.4. The zero-order chi connectivity index (χ0) is 21.9. The van der Waals surface area contributed by atoms with Crippen molar-refractivity contribution < 1.29 is 19.4 Å². The van der Waals surface area contributed by atoms with Crippen LogP contribution >= 0.6 is 0 Å². The highest BCUT2D eigenvalue weighted by molar-refractivity contribution is 5.83. The molecule has 2 aromatic carbocycles. The van der Waals surface area contributed by atoms with Crippen molar-refractivity contribution in [2.75, 3.05) is 45.9 Å². The first-order valence-corrected chi connectivity index (χ1v) is 11.4. The molecule has 2 aromatic rings. The van der Waals surface area contributed by atoms with Crippen LogP contribution in [-0.2, 0) is 9.59 Å². The molecular formula is C25H34N2O4. The summed E-state index contributed by atoms with van der Waals surface area (Å²) in [6, 6.07) is 14.5. The van der Waals surface area contributed by atoms with Crippen molar-refractivity contribution in [3.63, 3.8) is 0 Å². The molecule has 1 saturated heterocycles. The number of Topliss-reactive ketones (excluding diaryl/α,β-unsaturated/α-hetero) is 1. The van der Waals surface area contributed by atoms with Crippen molar-refractivity contribution in [1.82, 2.24) is 9.80 Å². The lowest BCUT2D eigenvalue weighted by Gasteiger charge is -2.34. The largest absolute Gasteiger partial charge is 0.492 e. The first-order chi connectivity index (χ1) is 15.2. The van der Waals surface area contributed by atoms with Gasteiger partial charge in [-0.05, 0) is 35.7 Å². The lowest BCUT2D eigenvalue weighted by Crippen LogP contribution is -2.49. The zero-order valence-electron chi connectivity index (χ0n) is 18.3. The van der Waals surface area contributed by atoms with Gasteiger partial charge in [-0.3, -0.25) is 14.5 Å². The molecule has 31 heavy (non-hydrogen) atoms. The van der Waals surface area contributed by atoms with Gasteiger partial charge < -0.3 is 14.7 Å². The summed E-state index contributed by atoms with van der Waals surface area (Å²) in [7, 11) is 0.